The highest BCUT2D eigenvalue weighted by molar-refractivity contribution is 5.51. The van der Waals surface area contributed by atoms with Crippen molar-refractivity contribution in [2.24, 2.45) is 0 Å². The quantitative estimate of drug-likeness (QED) is 0.757. The van der Waals surface area contributed by atoms with Crippen LogP contribution in [0.25, 0.3) is 5.52 Å². The van der Waals surface area contributed by atoms with Crippen molar-refractivity contribution >= 4 is 11.5 Å². The van der Waals surface area contributed by atoms with E-state index >= 15 is 0 Å². The van der Waals surface area contributed by atoms with E-state index in [2.05, 4.69) is 27.7 Å². The van der Waals surface area contributed by atoms with Gasteiger partial charge in [0.1, 0.15) is 0 Å². The fourth-order valence-electron chi connectivity index (χ4n) is 1.65. The van der Waals surface area contributed by atoms with E-state index in [-0.39, 0.29) is 0 Å². The fourth-order valence-corrected chi connectivity index (χ4v) is 1.65. The minimum absolute atomic E-state index is 0.946. The van der Waals surface area contributed by atoms with E-state index in [1.807, 2.05) is 24.5 Å². The predicted octanol–water partition coefficient (Wildman–Crippen LogP) is 2.94. The van der Waals surface area contributed by atoms with Crippen molar-refractivity contribution in [2.45, 2.75) is 26.2 Å². The lowest BCUT2D eigenvalue weighted by molar-refractivity contribution is 0.740. The summed E-state index contributed by atoms with van der Waals surface area (Å²) >= 11 is 0. The molecule has 0 aliphatic rings. The molecule has 0 spiro atoms. The Kier molecular flexibility index (Phi) is 3.22. The van der Waals surface area contributed by atoms with Crippen LogP contribution in [0.15, 0.2) is 30.6 Å². The van der Waals surface area contributed by atoms with Gasteiger partial charge in [0.2, 0.25) is 5.95 Å². The molecule has 0 radical (unpaired) electrons. The summed E-state index contributed by atoms with van der Waals surface area (Å²) in [4.78, 5) is 4.34. The molecule has 0 unspecified atom stereocenters. The molecule has 0 saturated carbocycles. The van der Waals surface area contributed by atoms with E-state index in [9.17, 15) is 0 Å². The summed E-state index contributed by atoms with van der Waals surface area (Å²) in [6, 6.07) is 6.11. The highest BCUT2D eigenvalue weighted by atomic mass is 15.2. The molecule has 2 aromatic heterocycles. The third kappa shape index (κ3) is 2.29. The van der Waals surface area contributed by atoms with Crippen LogP contribution in [0.4, 0.5) is 5.95 Å². The van der Waals surface area contributed by atoms with Gasteiger partial charge in [0.05, 0.1) is 11.7 Å². The Morgan fingerprint density at radius 3 is 3.13 bits per heavy atom. The van der Waals surface area contributed by atoms with Crippen molar-refractivity contribution in [3.63, 3.8) is 0 Å². The second-order valence-electron chi connectivity index (χ2n) is 3.71. The maximum Gasteiger partial charge on any atom is 0.207 e. The van der Waals surface area contributed by atoms with E-state index in [1.165, 1.54) is 19.3 Å². The first kappa shape index (κ1) is 10.0. The lowest BCUT2D eigenvalue weighted by Crippen LogP contribution is -2.04. The Morgan fingerprint density at radius 2 is 2.27 bits per heavy atom. The van der Waals surface area contributed by atoms with Crippen LogP contribution >= 0.6 is 0 Å². The SMILES string of the molecule is CCCCCNc1ncc2ccccn12. The van der Waals surface area contributed by atoms with Crippen LogP contribution in [-0.2, 0) is 0 Å². The molecule has 3 nitrogen and oxygen atoms in total. The van der Waals surface area contributed by atoms with Crippen LogP contribution in [-0.4, -0.2) is 15.9 Å². The van der Waals surface area contributed by atoms with Crippen molar-refractivity contribution in [3.8, 4) is 0 Å². The summed E-state index contributed by atoms with van der Waals surface area (Å²) in [7, 11) is 0. The average Bonchev–Trinajstić information content (AvgIpc) is 2.68. The van der Waals surface area contributed by atoms with Gasteiger partial charge in [0, 0.05) is 12.7 Å². The zero-order valence-electron chi connectivity index (χ0n) is 9.11. The van der Waals surface area contributed by atoms with E-state index in [0.29, 0.717) is 0 Å². The van der Waals surface area contributed by atoms with Gasteiger partial charge in [0.25, 0.3) is 0 Å². The fraction of sp³-hybridized carbons (Fsp3) is 0.417. The summed E-state index contributed by atoms with van der Waals surface area (Å²) < 4.78 is 2.08. The molecule has 0 bridgehead atoms. The summed E-state index contributed by atoms with van der Waals surface area (Å²) in [5.41, 5.74) is 1.13. The van der Waals surface area contributed by atoms with Gasteiger partial charge >= 0.3 is 0 Å². The third-order valence-electron chi connectivity index (χ3n) is 2.50. The van der Waals surface area contributed by atoms with Gasteiger partial charge in [0.15, 0.2) is 0 Å². The molecular weight excluding hydrogens is 186 g/mol. The van der Waals surface area contributed by atoms with Crippen molar-refractivity contribution in [1.82, 2.24) is 9.38 Å². The van der Waals surface area contributed by atoms with E-state index in [4.69, 9.17) is 0 Å². The Bertz CT molecular complexity index is 419. The van der Waals surface area contributed by atoms with Crippen LogP contribution in [0.3, 0.4) is 0 Å². The van der Waals surface area contributed by atoms with Crippen LogP contribution in [0.2, 0.25) is 0 Å². The monoisotopic (exact) mass is 203 g/mol. The summed E-state index contributed by atoms with van der Waals surface area (Å²) in [5, 5.41) is 3.35. The van der Waals surface area contributed by atoms with Gasteiger partial charge in [-0.05, 0) is 18.6 Å². The first-order valence-electron chi connectivity index (χ1n) is 5.58. The number of rotatable bonds is 5. The number of aromatic nitrogens is 2. The Balaban J connectivity index is 2.02. The molecule has 2 aromatic rings. The maximum atomic E-state index is 4.34. The lowest BCUT2D eigenvalue weighted by Gasteiger charge is -2.04. The average molecular weight is 203 g/mol. The Labute approximate surface area is 90.1 Å². The van der Waals surface area contributed by atoms with Crippen molar-refractivity contribution in [3.05, 3.63) is 30.6 Å². The van der Waals surface area contributed by atoms with Gasteiger partial charge in [-0.25, -0.2) is 4.98 Å². The lowest BCUT2D eigenvalue weighted by atomic mass is 10.2. The summed E-state index contributed by atoms with van der Waals surface area (Å²) in [6.45, 7) is 3.22. The number of imidazole rings is 1. The maximum absolute atomic E-state index is 4.34. The largest absolute Gasteiger partial charge is 0.355 e. The third-order valence-corrected chi connectivity index (χ3v) is 2.50. The predicted molar refractivity (Wildman–Crippen MR) is 63.2 cm³/mol. The van der Waals surface area contributed by atoms with Crippen LogP contribution in [0.1, 0.15) is 26.2 Å². The van der Waals surface area contributed by atoms with Crippen molar-refractivity contribution < 1.29 is 0 Å². The molecule has 0 aliphatic carbocycles. The van der Waals surface area contributed by atoms with Crippen LogP contribution in [0, 0.1) is 0 Å². The van der Waals surface area contributed by atoms with Gasteiger partial charge in [-0.1, -0.05) is 25.8 Å². The molecule has 0 aromatic carbocycles. The number of nitrogens with zero attached hydrogens (tertiary/aromatic N) is 2. The number of fused-ring (bicyclic) bond motifs is 1. The van der Waals surface area contributed by atoms with Crippen LogP contribution < -0.4 is 5.32 Å². The second-order valence-corrected chi connectivity index (χ2v) is 3.71. The van der Waals surface area contributed by atoms with Gasteiger partial charge < -0.3 is 5.32 Å². The zero-order valence-corrected chi connectivity index (χ0v) is 9.11. The van der Waals surface area contributed by atoms with Crippen molar-refractivity contribution in [2.75, 3.05) is 11.9 Å². The van der Waals surface area contributed by atoms with Gasteiger partial charge in [-0.15, -0.1) is 0 Å². The molecule has 1 N–H and O–H groups in total. The van der Waals surface area contributed by atoms with Crippen molar-refractivity contribution in [1.29, 1.82) is 0 Å². The highest BCUT2D eigenvalue weighted by Gasteiger charge is 2.00. The van der Waals surface area contributed by atoms with Gasteiger partial charge in [-0.2, -0.15) is 0 Å². The van der Waals surface area contributed by atoms with Crippen LogP contribution in [0.5, 0.6) is 0 Å². The molecule has 0 atom stereocenters. The minimum atomic E-state index is 0.946. The molecule has 2 rings (SSSR count). The molecule has 0 aliphatic heterocycles. The second kappa shape index (κ2) is 4.82. The van der Waals surface area contributed by atoms with E-state index < -0.39 is 0 Å². The number of pyridine rings is 1. The molecule has 15 heavy (non-hydrogen) atoms. The number of hydrogen-bond donors (Lipinski definition) is 1. The summed E-state index contributed by atoms with van der Waals surface area (Å²) in [5.74, 6) is 0.946. The zero-order chi connectivity index (χ0) is 10.5. The van der Waals surface area contributed by atoms with Gasteiger partial charge in [-0.3, -0.25) is 4.40 Å². The smallest absolute Gasteiger partial charge is 0.207 e. The number of unbranched alkanes of at least 4 members (excludes halogenated alkanes) is 2. The van der Waals surface area contributed by atoms with E-state index in [1.54, 1.807) is 0 Å². The molecule has 0 fully saturated rings. The molecular formula is C12H17N3. The topological polar surface area (TPSA) is 29.3 Å². The summed E-state index contributed by atoms with van der Waals surface area (Å²) in [6.07, 6.45) is 7.66. The number of hydrogen-bond acceptors (Lipinski definition) is 2. The minimum Gasteiger partial charge on any atom is -0.355 e. The number of nitrogens with one attached hydrogen (secondary N) is 1. The van der Waals surface area contributed by atoms with E-state index in [0.717, 1.165) is 18.0 Å². The Hall–Kier alpha value is -1.51. The molecule has 2 heterocycles. The molecule has 80 valence electrons. The standard InChI is InChI=1S/C12H17N3/c1-2-3-5-8-13-12-14-10-11-7-4-6-9-15(11)12/h4,6-7,9-10H,2-3,5,8H2,1H3,(H,13,14). The molecule has 0 amide bonds. The molecule has 3 heteroatoms. The molecule has 0 saturated heterocycles. The first-order chi connectivity index (χ1) is 7.42. The Morgan fingerprint density at radius 1 is 1.33 bits per heavy atom. The number of anilines is 1. The first-order valence-corrected chi connectivity index (χ1v) is 5.58. The highest BCUT2D eigenvalue weighted by Crippen LogP contribution is 2.10. The normalized spacial score (nSPS) is 10.7.